The Hall–Kier alpha value is -3.56. The van der Waals surface area contributed by atoms with Crippen molar-refractivity contribution in [2.45, 2.75) is 43.9 Å². The van der Waals surface area contributed by atoms with Crippen LogP contribution < -0.4 is 5.32 Å². The van der Waals surface area contributed by atoms with Crippen molar-refractivity contribution in [3.63, 3.8) is 0 Å². The second kappa shape index (κ2) is 9.59. The van der Waals surface area contributed by atoms with Crippen molar-refractivity contribution in [1.29, 1.82) is 0 Å². The third kappa shape index (κ3) is 4.96. The van der Waals surface area contributed by atoms with Crippen LogP contribution in [0.15, 0.2) is 48.5 Å². The third-order valence-corrected chi connectivity index (χ3v) is 6.57. The number of rotatable bonds is 5. The molecule has 1 fully saturated rings. The van der Waals surface area contributed by atoms with Gasteiger partial charge in [0.05, 0.1) is 0 Å². The molecule has 2 aliphatic rings. The molecule has 0 bridgehead atoms. The van der Waals surface area contributed by atoms with Gasteiger partial charge in [0.25, 0.3) is 5.91 Å². The Labute approximate surface area is 199 Å². The summed E-state index contributed by atoms with van der Waals surface area (Å²) in [5.74, 6) is -3.43. The summed E-state index contributed by atoms with van der Waals surface area (Å²) in [7, 11) is 0. The molecule has 2 aromatic carbocycles. The first-order chi connectivity index (χ1) is 16.6. The van der Waals surface area contributed by atoms with Gasteiger partial charge in [-0.25, -0.2) is 9.59 Å². The lowest BCUT2D eigenvalue weighted by Gasteiger charge is -2.38. The number of halogens is 3. The quantitative estimate of drug-likeness (QED) is 0.656. The van der Waals surface area contributed by atoms with E-state index in [1.54, 1.807) is 12.2 Å². The predicted octanol–water partition coefficient (Wildman–Crippen LogP) is 4.17. The lowest BCUT2D eigenvalue weighted by atomic mass is 9.93. The number of hydrogen-bond acceptors (Lipinski definition) is 4. The fourth-order valence-electron chi connectivity index (χ4n) is 4.86. The zero-order valence-electron chi connectivity index (χ0n) is 18.9. The Morgan fingerprint density at radius 3 is 2.17 bits per heavy atom. The van der Waals surface area contributed by atoms with Crippen molar-refractivity contribution in [3.05, 3.63) is 59.7 Å². The first-order valence-electron chi connectivity index (χ1n) is 11.3. The van der Waals surface area contributed by atoms with Gasteiger partial charge in [-0.15, -0.1) is 0 Å². The van der Waals surface area contributed by atoms with E-state index in [9.17, 15) is 32.7 Å². The van der Waals surface area contributed by atoms with Crippen molar-refractivity contribution in [3.8, 4) is 11.1 Å². The van der Waals surface area contributed by atoms with Gasteiger partial charge < -0.3 is 20.1 Å². The lowest BCUT2D eigenvalue weighted by molar-refractivity contribution is -0.180. The fourth-order valence-corrected chi connectivity index (χ4v) is 4.86. The van der Waals surface area contributed by atoms with Crippen LogP contribution in [0.3, 0.4) is 0 Å². The van der Waals surface area contributed by atoms with Crippen LogP contribution in [0.2, 0.25) is 0 Å². The molecule has 2 aromatic rings. The maximum atomic E-state index is 13.8. The van der Waals surface area contributed by atoms with Gasteiger partial charge >= 0.3 is 18.2 Å². The molecule has 1 aliphatic carbocycles. The SMILES string of the molecule is CC1CCC(C(=O)O)N(C(=O)C(NC(=O)OCC2c3ccccc3-c3ccccc32)C(F)(F)F)C1. The molecule has 3 unspecified atom stereocenters. The van der Waals surface area contributed by atoms with Gasteiger partial charge in [-0.3, -0.25) is 4.79 Å². The molecule has 4 rings (SSSR count). The summed E-state index contributed by atoms with van der Waals surface area (Å²) in [6.45, 7) is 1.35. The minimum Gasteiger partial charge on any atom is -0.480 e. The number of carbonyl (C=O) groups is 3. The van der Waals surface area contributed by atoms with E-state index < -0.39 is 36.2 Å². The molecule has 0 saturated carbocycles. The zero-order chi connectivity index (χ0) is 25.3. The summed E-state index contributed by atoms with van der Waals surface area (Å²) in [6, 6.07) is 10.7. The summed E-state index contributed by atoms with van der Waals surface area (Å²) in [6.07, 6.45) is -6.03. The number of alkyl halides is 3. The van der Waals surface area contributed by atoms with Crippen molar-refractivity contribution < 1.29 is 37.4 Å². The van der Waals surface area contributed by atoms with Crippen LogP contribution in [0.1, 0.15) is 36.8 Å². The molecule has 2 amide bonds. The van der Waals surface area contributed by atoms with E-state index in [0.29, 0.717) is 11.3 Å². The highest BCUT2D eigenvalue weighted by atomic mass is 19.4. The van der Waals surface area contributed by atoms with Crippen LogP contribution in [0, 0.1) is 5.92 Å². The van der Waals surface area contributed by atoms with Gasteiger partial charge in [-0.05, 0) is 41.0 Å². The first-order valence-corrected chi connectivity index (χ1v) is 11.3. The van der Waals surface area contributed by atoms with Crippen LogP contribution in [-0.2, 0) is 14.3 Å². The van der Waals surface area contributed by atoms with Crippen LogP contribution in [0.5, 0.6) is 0 Å². The summed E-state index contributed by atoms with van der Waals surface area (Å²) in [5.41, 5.74) is 3.69. The summed E-state index contributed by atoms with van der Waals surface area (Å²) >= 11 is 0. The lowest BCUT2D eigenvalue weighted by Crippen LogP contribution is -2.61. The van der Waals surface area contributed by atoms with Gasteiger partial charge in [0.1, 0.15) is 12.6 Å². The van der Waals surface area contributed by atoms with Crippen LogP contribution in [0.25, 0.3) is 11.1 Å². The van der Waals surface area contributed by atoms with Crippen LogP contribution in [-0.4, -0.2) is 59.4 Å². The molecule has 1 aliphatic heterocycles. The smallest absolute Gasteiger partial charge is 0.417 e. The molecule has 186 valence electrons. The molecule has 7 nitrogen and oxygen atoms in total. The Morgan fingerprint density at radius 2 is 1.63 bits per heavy atom. The Morgan fingerprint density at radius 1 is 1.06 bits per heavy atom. The average Bonchev–Trinajstić information content (AvgIpc) is 3.13. The minimum absolute atomic E-state index is 0.0394. The molecule has 2 N–H and O–H groups in total. The fraction of sp³-hybridized carbons (Fsp3) is 0.400. The number of alkyl carbamates (subject to hydrolysis) is 1. The topological polar surface area (TPSA) is 95.9 Å². The molecule has 3 atom stereocenters. The van der Waals surface area contributed by atoms with E-state index in [4.69, 9.17) is 4.74 Å². The number of amides is 2. The van der Waals surface area contributed by atoms with E-state index in [2.05, 4.69) is 0 Å². The van der Waals surface area contributed by atoms with Crippen molar-refractivity contribution in [2.24, 2.45) is 5.92 Å². The number of fused-ring (bicyclic) bond motifs is 3. The van der Waals surface area contributed by atoms with Crippen molar-refractivity contribution in [2.75, 3.05) is 13.2 Å². The maximum Gasteiger partial charge on any atom is 0.417 e. The monoisotopic (exact) mass is 490 g/mol. The second-order valence-electron chi connectivity index (χ2n) is 8.97. The summed E-state index contributed by atoms with van der Waals surface area (Å²) < 4.78 is 46.5. The normalized spacial score (nSPS) is 20.5. The predicted molar refractivity (Wildman–Crippen MR) is 120 cm³/mol. The largest absolute Gasteiger partial charge is 0.480 e. The van der Waals surface area contributed by atoms with E-state index in [1.807, 2.05) is 48.5 Å². The maximum absolute atomic E-state index is 13.8. The number of likely N-dealkylation sites (tertiary alicyclic amines) is 1. The van der Waals surface area contributed by atoms with E-state index >= 15 is 0 Å². The standard InChI is InChI=1S/C25H25F3N2O5/c1-14-10-11-20(23(32)33)30(12-14)22(31)21(25(26,27)28)29-24(34)35-13-19-17-8-4-2-6-15(17)16-7-3-5-9-18(16)19/h2-9,14,19-21H,10-13H2,1H3,(H,29,34)(H,32,33). The molecule has 0 radical (unpaired) electrons. The molecule has 35 heavy (non-hydrogen) atoms. The molecule has 0 spiro atoms. The number of nitrogens with one attached hydrogen (secondary N) is 1. The van der Waals surface area contributed by atoms with Crippen molar-refractivity contribution >= 4 is 18.0 Å². The number of carboxylic acids is 1. The molecule has 1 saturated heterocycles. The summed E-state index contributed by atoms with van der Waals surface area (Å²) in [4.78, 5) is 37.5. The highest BCUT2D eigenvalue weighted by Crippen LogP contribution is 2.44. The number of ether oxygens (including phenoxy) is 1. The molecule has 1 heterocycles. The van der Waals surface area contributed by atoms with Crippen LogP contribution in [0.4, 0.5) is 18.0 Å². The van der Waals surface area contributed by atoms with Crippen molar-refractivity contribution in [1.82, 2.24) is 10.2 Å². The van der Waals surface area contributed by atoms with Gasteiger partial charge in [-0.2, -0.15) is 13.2 Å². The molecular formula is C25H25F3N2O5. The average molecular weight is 490 g/mol. The highest BCUT2D eigenvalue weighted by Gasteiger charge is 2.50. The second-order valence-corrected chi connectivity index (χ2v) is 8.97. The van der Waals surface area contributed by atoms with E-state index in [-0.39, 0.29) is 31.4 Å². The van der Waals surface area contributed by atoms with Gasteiger partial charge in [0, 0.05) is 12.5 Å². The van der Waals surface area contributed by atoms with E-state index in [1.165, 1.54) is 0 Å². The number of nitrogens with zero attached hydrogens (tertiary/aromatic N) is 1. The van der Waals surface area contributed by atoms with Gasteiger partial charge in [-0.1, -0.05) is 55.5 Å². The van der Waals surface area contributed by atoms with Gasteiger partial charge in [0.15, 0.2) is 0 Å². The molecule has 0 aromatic heterocycles. The zero-order valence-corrected chi connectivity index (χ0v) is 18.9. The first kappa shape index (κ1) is 24.6. The molecule has 10 heteroatoms. The number of piperidine rings is 1. The summed E-state index contributed by atoms with van der Waals surface area (Å²) in [5, 5.41) is 11.0. The Bertz CT molecular complexity index is 1090. The number of benzene rings is 2. The Balaban J connectivity index is 1.48. The van der Waals surface area contributed by atoms with Crippen LogP contribution >= 0.6 is 0 Å². The Kier molecular flexibility index (Phi) is 6.73. The number of hydrogen-bond donors (Lipinski definition) is 2. The van der Waals surface area contributed by atoms with E-state index in [0.717, 1.165) is 22.3 Å². The number of aliphatic carboxylic acids is 1. The third-order valence-electron chi connectivity index (χ3n) is 6.57. The molecular weight excluding hydrogens is 465 g/mol. The number of carboxylic acid groups (broad SMARTS) is 1. The van der Waals surface area contributed by atoms with Gasteiger partial charge in [0.2, 0.25) is 6.04 Å². The minimum atomic E-state index is -5.13. The highest BCUT2D eigenvalue weighted by molar-refractivity contribution is 5.90. The number of carbonyl (C=O) groups excluding carboxylic acids is 2.